The number of rotatable bonds is 9. The van der Waals surface area contributed by atoms with Crippen LogP contribution in [0.4, 0.5) is 0 Å². The summed E-state index contributed by atoms with van der Waals surface area (Å²) in [4.78, 5) is 0. The summed E-state index contributed by atoms with van der Waals surface area (Å²) in [6.07, 6.45) is 5.79. The molecule has 0 saturated heterocycles. The van der Waals surface area contributed by atoms with Gasteiger partial charge in [0.1, 0.15) is 0 Å². The highest BCUT2D eigenvalue weighted by atomic mass is 14.8. The van der Waals surface area contributed by atoms with Gasteiger partial charge in [-0.3, -0.25) is 0 Å². The molecule has 0 rings (SSSR count). The largest absolute Gasteiger partial charge is 0.317 e. The van der Waals surface area contributed by atoms with Crippen LogP contribution < -0.4 is 10.6 Å². The first-order chi connectivity index (χ1) is 5.91. The molecule has 0 heterocycles. The van der Waals surface area contributed by atoms with Gasteiger partial charge in [0, 0.05) is 6.54 Å². The fourth-order valence-corrected chi connectivity index (χ4v) is 1.06. The van der Waals surface area contributed by atoms with Crippen LogP contribution in [-0.4, -0.2) is 26.2 Å². The molecule has 0 amide bonds. The summed E-state index contributed by atoms with van der Waals surface area (Å²) in [5.41, 5.74) is 0. The van der Waals surface area contributed by atoms with Gasteiger partial charge in [-0.15, -0.1) is 6.58 Å². The minimum atomic E-state index is 0.938. The molecule has 0 aliphatic rings. The van der Waals surface area contributed by atoms with Crippen molar-refractivity contribution in [3.8, 4) is 0 Å². The molecule has 2 N–H and O–H groups in total. The van der Waals surface area contributed by atoms with E-state index >= 15 is 0 Å². The molecule has 0 aromatic heterocycles. The Morgan fingerprint density at radius 1 is 1.08 bits per heavy atom. The second kappa shape index (κ2) is 10.7. The molecule has 0 unspecified atom stereocenters. The first kappa shape index (κ1) is 11.7. The summed E-state index contributed by atoms with van der Waals surface area (Å²) in [6.45, 7) is 10.1. The summed E-state index contributed by atoms with van der Waals surface area (Å²) >= 11 is 0. The van der Waals surface area contributed by atoms with Gasteiger partial charge in [0.25, 0.3) is 0 Å². The predicted molar refractivity (Wildman–Crippen MR) is 55.5 cm³/mol. The Balaban J connectivity index is 2.77. The van der Waals surface area contributed by atoms with Crippen molar-refractivity contribution in [3.63, 3.8) is 0 Å². The minimum absolute atomic E-state index is 0.938. The third kappa shape index (κ3) is 9.66. The highest BCUT2D eigenvalue weighted by molar-refractivity contribution is 4.69. The molecule has 0 atom stereocenters. The lowest BCUT2D eigenvalue weighted by atomic mass is 10.2. The topological polar surface area (TPSA) is 24.1 Å². The van der Waals surface area contributed by atoms with E-state index in [9.17, 15) is 0 Å². The van der Waals surface area contributed by atoms with Crippen molar-refractivity contribution in [3.05, 3.63) is 12.7 Å². The smallest absolute Gasteiger partial charge is 0.0132 e. The lowest BCUT2D eigenvalue weighted by Crippen LogP contribution is -2.16. The fourth-order valence-electron chi connectivity index (χ4n) is 1.06. The highest BCUT2D eigenvalue weighted by Gasteiger charge is 1.87. The van der Waals surface area contributed by atoms with E-state index in [1.54, 1.807) is 0 Å². The predicted octanol–water partition coefficient (Wildman–Crippen LogP) is 1.54. The summed E-state index contributed by atoms with van der Waals surface area (Å²) < 4.78 is 0. The number of nitrogens with one attached hydrogen (secondary N) is 2. The zero-order valence-corrected chi connectivity index (χ0v) is 8.23. The van der Waals surface area contributed by atoms with Gasteiger partial charge in [0.15, 0.2) is 0 Å². The van der Waals surface area contributed by atoms with Gasteiger partial charge in [0.2, 0.25) is 0 Å². The van der Waals surface area contributed by atoms with Crippen LogP contribution in [0.5, 0.6) is 0 Å². The van der Waals surface area contributed by atoms with Crippen molar-refractivity contribution in [2.24, 2.45) is 0 Å². The Hall–Kier alpha value is -0.340. The summed E-state index contributed by atoms with van der Waals surface area (Å²) in [5, 5.41) is 6.60. The normalized spacial score (nSPS) is 10.1. The lowest BCUT2D eigenvalue weighted by Gasteiger charge is -2.02. The summed E-state index contributed by atoms with van der Waals surface area (Å²) in [5.74, 6) is 0. The maximum absolute atomic E-state index is 3.65. The first-order valence-electron chi connectivity index (χ1n) is 4.94. The molecule has 2 heteroatoms. The number of unbranched alkanes of at least 4 members (excludes halogenated alkanes) is 2. The van der Waals surface area contributed by atoms with Crippen LogP contribution in [0.25, 0.3) is 0 Å². The van der Waals surface area contributed by atoms with Gasteiger partial charge in [-0.1, -0.05) is 19.4 Å². The average molecular weight is 170 g/mol. The molecule has 0 bridgehead atoms. The van der Waals surface area contributed by atoms with Crippen molar-refractivity contribution >= 4 is 0 Å². The molecule has 12 heavy (non-hydrogen) atoms. The van der Waals surface area contributed by atoms with E-state index in [1.807, 2.05) is 6.08 Å². The molecular formula is C10H22N2. The zero-order valence-electron chi connectivity index (χ0n) is 8.23. The van der Waals surface area contributed by atoms with E-state index in [-0.39, 0.29) is 0 Å². The molecule has 72 valence electrons. The Bertz CT molecular complexity index is 91.8. The summed E-state index contributed by atoms with van der Waals surface area (Å²) in [6, 6.07) is 0. The van der Waals surface area contributed by atoms with E-state index in [0.29, 0.717) is 0 Å². The van der Waals surface area contributed by atoms with E-state index in [0.717, 1.165) is 26.2 Å². The van der Waals surface area contributed by atoms with Crippen LogP contribution in [0, 0.1) is 0 Å². The third-order valence-corrected chi connectivity index (χ3v) is 1.75. The van der Waals surface area contributed by atoms with Crippen LogP contribution in [0.3, 0.4) is 0 Å². The minimum Gasteiger partial charge on any atom is -0.317 e. The van der Waals surface area contributed by atoms with Crippen molar-refractivity contribution in [2.75, 3.05) is 26.2 Å². The van der Waals surface area contributed by atoms with E-state index in [4.69, 9.17) is 0 Å². The molecular weight excluding hydrogens is 148 g/mol. The van der Waals surface area contributed by atoms with E-state index in [1.165, 1.54) is 19.3 Å². The lowest BCUT2D eigenvalue weighted by molar-refractivity contribution is 0.593. The molecule has 0 aliphatic heterocycles. The zero-order chi connectivity index (χ0) is 9.07. The Kier molecular flexibility index (Phi) is 10.4. The molecule has 0 radical (unpaired) electrons. The molecule has 0 spiro atoms. The first-order valence-corrected chi connectivity index (χ1v) is 4.94. The van der Waals surface area contributed by atoms with Crippen LogP contribution in [0.15, 0.2) is 12.7 Å². The van der Waals surface area contributed by atoms with E-state index in [2.05, 4.69) is 24.1 Å². The molecule has 0 saturated carbocycles. The quantitative estimate of drug-likeness (QED) is 0.405. The number of hydrogen-bond donors (Lipinski definition) is 2. The van der Waals surface area contributed by atoms with Gasteiger partial charge in [-0.2, -0.15) is 0 Å². The van der Waals surface area contributed by atoms with Crippen molar-refractivity contribution < 1.29 is 0 Å². The Morgan fingerprint density at radius 2 is 1.75 bits per heavy atom. The maximum Gasteiger partial charge on any atom is 0.0132 e. The van der Waals surface area contributed by atoms with Crippen LogP contribution >= 0.6 is 0 Å². The Labute approximate surface area is 76.4 Å². The fraction of sp³-hybridized carbons (Fsp3) is 0.800. The average Bonchev–Trinajstić information content (AvgIpc) is 2.10. The standard InChI is InChI=1S/C10H22N2/c1-3-8-12-10-7-5-6-9-11-4-2/h3,11-12H,1,4-10H2,2H3. The second-order valence-electron chi connectivity index (χ2n) is 2.91. The molecule has 2 nitrogen and oxygen atoms in total. The molecule has 0 aliphatic carbocycles. The number of hydrogen-bond acceptors (Lipinski definition) is 2. The van der Waals surface area contributed by atoms with Gasteiger partial charge in [-0.25, -0.2) is 0 Å². The second-order valence-corrected chi connectivity index (χ2v) is 2.91. The van der Waals surface area contributed by atoms with Gasteiger partial charge in [-0.05, 0) is 32.5 Å². The van der Waals surface area contributed by atoms with Gasteiger partial charge in [0.05, 0.1) is 0 Å². The van der Waals surface area contributed by atoms with Gasteiger partial charge < -0.3 is 10.6 Å². The highest BCUT2D eigenvalue weighted by Crippen LogP contribution is 1.91. The van der Waals surface area contributed by atoms with Crippen molar-refractivity contribution in [2.45, 2.75) is 26.2 Å². The Morgan fingerprint density at radius 3 is 2.33 bits per heavy atom. The summed E-state index contributed by atoms with van der Waals surface area (Å²) in [7, 11) is 0. The third-order valence-electron chi connectivity index (χ3n) is 1.75. The monoisotopic (exact) mass is 170 g/mol. The van der Waals surface area contributed by atoms with Gasteiger partial charge >= 0.3 is 0 Å². The van der Waals surface area contributed by atoms with Crippen molar-refractivity contribution in [1.29, 1.82) is 0 Å². The van der Waals surface area contributed by atoms with E-state index < -0.39 is 0 Å². The molecule has 0 aromatic rings. The molecule has 0 aromatic carbocycles. The van der Waals surface area contributed by atoms with Crippen LogP contribution in [0.1, 0.15) is 26.2 Å². The molecule has 0 fully saturated rings. The SMILES string of the molecule is C=CCNCCCCCNCC. The maximum atomic E-state index is 3.65. The van der Waals surface area contributed by atoms with Crippen LogP contribution in [-0.2, 0) is 0 Å². The van der Waals surface area contributed by atoms with Crippen LogP contribution in [0.2, 0.25) is 0 Å². The van der Waals surface area contributed by atoms with Crippen molar-refractivity contribution in [1.82, 2.24) is 10.6 Å².